The third kappa shape index (κ3) is 7.04. The second-order valence-electron chi connectivity index (χ2n) is 6.66. The van der Waals surface area contributed by atoms with Gasteiger partial charge in [0.1, 0.15) is 9.84 Å². The summed E-state index contributed by atoms with van der Waals surface area (Å²) in [4.78, 5) is 2.52. The summed E-state index contributed by atoms with van der Waals surface area (Å²) in [5.41, 5.74) is 0. The molecule has 0 spiro atoms. The van der Waals surface area contributed by atoms with Crippen molar-refractivity contribution in [2.45, 2.75) is 58.5 Å². The standard InChI is InChI=1S/C15H32N2O2S/c1-5-7-14-12-17(8-6-9-20(4,18)19)15(11-16-14)10-13(2)3/h13-16H,5-12H2,1-4H3. The fourth-order valence-electron chi connectivity index (χ4n) is 3.05. The summed E-state index contributed by atoms with van der Waals surface area (Å²) >= 11 is 0. The molecular formula is C15H32N2O2S. The van der Waals surface area contributed by atoms with Crippen LogP contribution < -0.4 is 5.32 Å². The maximum atomic E-state index is 11.3. The first kappa shape index (κ1) is 17.9. The third-order valence-electron chi connectivity index (χ3n) is 3.95. The van der Waals surface area contributed by atoms with Gasteiger partial charge in [-0.25, -0.2) is 8.42 Å². The van der Waals surface area contributed by atoms with Crippen molar-refractivity contribution in [2.24, 2.45) is 5.92 Å². The van der Waals surface area contributed by atoms with Crippen molar-refractivity contribution < 1.29 is 8.42 Å². The van der Waals surface area contributed by atoms with Crippen LogP contribution >= 0.6 is 0 Å². The van der Waals surface area contributed by atoms with Crippen LogP contribution in [0.5, 0.6) is 0 Å². The van der Waals surface area contributed by atoms with Crippen LogP contribution in [0.15, 0.2) is 0 Å². The highest BCUT2D eigenvalue weighted by molar-refractivity contribution is 7.90. The average Bonchev–Trinajstić information content (AvgIpc) is 2.30. The monoisotopic (exact) mass is 304 g/mol. The van der Waals surface area contributed by atoms with Crippen LogP contribution in [0.25, 0.3) is 0 Å². The Hall–Kier alpha value is -0.130. The molecule has 1 saturated heterocycles. The number of rotatable bonds is 8. The molecule has 1 rings (SSSR count). The quantitative estimate of drug-likeness (QED) is 0.744. The van der Waals surface area contributed by atoms with Gasteiger partial charge >= 0.3 is 0 Å². The lowest BCUT2D eigenvalue weighted by Crippen LogP contribution is -2.57. The lowest BCUT2D eigenvalue weighted by molar-refractivity contribution is 0.111. The van der Waals surface area contributed by atoms with Crippen LogP contribution in [-0.4, -0.2) is 57.0 Å². The van der Waals surface area contributed by atoms with E-state index in [1.54, 1.807) is 0 Å². The molecule has 0 aromatic heterocycles. The maximum Gasteiger partial charge on any atom is 0.147 e. The Morgan fingerprint density at radius 1 is 1.35 bits per heavy atom. The van der Waals surface area contributed by atoms with Crippen LogP contribution in [0.2, 0.25) is 0 Å². The largest absolute Gasteiger partial charge is 0.311 e. The van der Waals surface area contributed by atoms with E-state index in [0.29, 0.717) is 23.8 Å². The Bertz CT molecular complexity index is 368. The third-order valence-corrected chi connectivity index (χ3v) is 4.98. The van der Waals surface area contributed by atoms with E-state index >= 15 is 0 Å². The SMILES string of the molecule is CCCC1CN(CCCS(C)(=O)=O)C(CC(C)C)CN1. The summed E-state index contributed by atoms with van der Waals surface area (Å²) in [6, 6.07) is 1.13. The minimum absolute atomic E-state index is 0.309. The number of nitrogens with one attached hydrogen (secondary N) is 1. The van der Waals surface area contributed by atoms with E-state index in [2.05, 4.69) is 31.0 Å². The molecule has 0 aliphatic carbocycles. The Morgan fingerprint density at radius 3 is 2.60 bits per heavy atom. The summed E-state index contributed by atoms with van der Waals surface area (Å²) in [6.07, 6.45) is 5.67. The topological polar surface area (TPSA) is 49.4 Å². The summed E-state index contributed by atoms with van der Waals surface area (Å²) in [7, 11) is -2.83. The number of sulfone groups is 1. The molecule has 0 bridgehead atoms. The second kappa shape index (κ2) is 8.35. The molecule has 0 aromatic rings. The lowest BCUT2D eigenvalue weighted by atomic mass is 9.97. The van der Waals surface area contributed by atoms with Gasteiger partial charge in [0.05, 0.1) is 5.75 Å². The first-order valence-corrected chi connectivity index (χ1v) is 10.0. The van der Waals surface area contributed by atoms with Crippen molar-refractivity contribution in [3.8, 4) is 0 Å². The molecule has 1 aliphatic rings. The van der Waals surface area contributed by atoms with Crippen molar-refractivity contribution in [2.75, 3.05) is 31.6 Å². The van der Waals surface area contributed by atoms with Crippen molar-refractivity contribution >= 4 is 9.84 Å². The molecule has 0 aromatic carbocycles. The van der Waals surface area contributed by atoms with Gasteiger partial charge in [0, 0.05) is 31.4 Å². The summed E-state index contributed by atoms with van der Waals surface area (Å²) in [6.45, 7) is 9.75. The van der Waals surface area contributed by atoms with Gasteiger partial charge in [-0.3, -0.25) is 4.90 Å². The predicted molar refractivity (Wildman–Crippen MR) is 85.8 cm³/mol. The summed E-state index contributed by atoms with van der Waals surface area (Å²) in [5, 5.41) is 3.65. The molecule has 2 unspecified atom stereocenters. The molecule has 120 valence electrons. The van der Waals surface area contributed by atoms with Gasteiger partial charge < -0.3 is 5.32 Å². The minimum Gasteiger partial charge on any atom is -0.311 e. The first-order valence-electron chi connectivity index (χ1n) is 7.97. The smallest absolute Gasteiger partial charge is 0.147 e. The van der Waals surface area contributed by atoms with E-state index in [4.69, 9.17) is 0 Å². The van der Waals surface area contributed by atoms with Crippen LogP contribution in [0.4, 0.5) is 0 Å². The molecule has 0 saturated carbocycles. The zero-order valence-electron chi connectivity index (χ0n) is 13.6. The van der Waals surface area contributed by atoms with Gasteiger partial charge in [0.2, 0.25) is 0 Å². The van der Waals surface area contributed by atoms with Crippen LogP contribution in [0.3, 0.4) is 0 Å². The normalized spacial score (nSPS) is 25.2. The highest BCUT2D eigenvalue weighted by Crippen LogP contribution is 2.17. The van der Waals surface area contributed by atoms with Crippen molar-refractivity contribution in [1.29, 1.82) is 0 Å². The molecule has 20 heavy (non-hydrogen) atoms. The molecule has 1 N–H and O–H groups in total. The molecule has 1 heterocycles. The molecular weight excluding hydrogens is 272 g/mol. The van der Waals surface area contributed by atoms with Crippen molar-refractivity contribution in [1.82, 2.24) is 10.2 Å². The molecule has 0 amide bonds. The molecule has 5 heteroatoms. The molecule has 2 atom stereocenters. The van der Waals surface area contributed by atoms with Gasteiger partial charge in [-0.1, -0.05) is 27.2 Å². The Morgan fingerprint density at radius 2 is 2.05 bits per heavy atom. The molecule has 0 radical (unpaired) electrons. The average molecular weight is 305 g/mol. The fraction of sp³-hybridized carbons (Fsp3) is 1.00. The van der Waals surface area contributed by atoms with Gasteiger partial charge in [0.25, 0.3) is 0 Å². The van der Waals surface area contributed by atoms with Gasteiger partial charge in [0.15, 0.2) is 0 Å². The molecule has 4 nitrogen and oxygen atoms in total. The van der Waals surface area contributed by atoms with Crippen LogP contribution in [0, 0.1) is 5.92 Å². The van der Waals surface area contributed by atoms with Crippen LogP contribution in [-0.2, 0) is 9.84 Å². The fourth-order valence-corrected chi connectivity index (χ4v) is 3.70. The van der Waals surface area contributed by atoms with Gasteiger partial charge in [-0.2, -0.15) is 0 Å². The highest BCUT2D eigenvalue weighted by atomic mass is 32.2. The number of hydrogen-bond acceptors (Lipinski definition) is 4. The van der Waals surface area contributed by atoms with E-state index in [1.165, 1.54) is 25.5 Å². The van der Waals surface area contributed by atoms with E-state index < -0.39 is 9.84 Å². The molecule has 1 fully saturated rings. The Labute approximate surface area is 125 Å². The number of hydrogen-bond donors (Lipinski definition) is 1. The summed E-state index contributed by atoms with van der Waals surface area (Å²) in [5.74, 6) is 0.992. The minimum atomic E-state index is -2.83. The van der Waals surface area contributed by atoms with E-state index in [-0.39, 0.29) is 0 Å². The van der Waals surface area contributed by atoms with Crippen molar-refractivity contribution in [3.05, 3.63) is 0 Å². The van der Waals surface area contributed by atoms with E-state index in [1.807, 2.05) is 0 Å². The van der Waals surface area contributed by atoms with Crippen molar-refractivity contribution in [3.63, 3.8) is 0 Å². The van der Waals surface area contributed by atoms with Gasteiger partial charge in [-0.05, 0) is 31.7 Å². The predicted octanol–water partition coefficient (Wildman–Crippen LogP) is 1.91. The van der Waals surface area contributed by atoms with E-state index in [0.717, 1.165) is 26.1 Å². The summed E-state index contributed by atoms with van der Waals surface area (Å²) < 4.78 is 22.5. The second-order valence-corrected chi connectivity index (χ2v) is 8.92. The number of piperazine rings is 1. The zero-order chi connectivity index (χ0) is 15.2. The van der Waals surface area contributed by atoms with Gasteiger partial charge in [-0.15, -0.1) is 0 Å². The maximum absolute atomic E-state index is 11.3. The number of nitrogens with zero attached hydrogens (tertiary/aromatic N) is 1. The Balaban J connectivity index is 2.52. The Kier molecular flexibility index (Phi) is 7.48. The lowest BCUT2D eigenvalue weighted by Gasteiger charge is -2.41. The highest BCUT2D eigenvalue weighted by Gasteiger charge is 2.27. The first-order chi connectivity index (χ1) is 9.31. The van der Waals surface area contributed by atoms with E-state index in [9.17, 15) is 8.42 Å². The van der Waals surface area contributed by atoms with Crippen LogP contribution in [0.1, 0.15) is 46.5 Å². The molecule has 1 aliphatic heterocycles. The zero-order valence-corrected chi connectivity index (χ0v) is 14.4.